The minimum atomic E-state index is -2.92. The topological polar surface area (TPSA) is 63.5 Å². The van der Waals surface area contributed by atoms with E-state index in [0.717, 1.165) is 4.57 Å². The van der Waals surface area contributed by atoms with Crippen molar-refractivity contribution in [1.29, 1.82) is 0 Å². The van der Waals surface area contributed by atoms with Crippen molar-refractivity contribution in [1.82, 2.24) is 20.2 Å². The first-order valence-electron chi connectivity index (χ1n) is 7.28. The zero-order chi connectivity index (χ0) is 18.2. The van der Waals surface area contributed by atoms with Crippen molar-refractivity contribution in [2.24, 2.45) is 4.99 Å². The van der Waals surface area contributed by atoms with Gasteiger partial charge >= 0.3 is 13.2 Å². The smallest absolute Gasteiger partial charge is 0.387 e. The second-order valence-corrected chi connectivity index (χ2v) is 4.79. The van der Waals surface area contributed by atoms with Crippen molar-refractivity contribution >= 4 is 29.9 Å². The SMILES string of the molecule is CN=C(NCc1ccccc1OC(F)F)NCc1nccn1C(F)F.I. The Hall–Kier alpha value is -2.05. The lowest BCUT2D eigenvalue weighted by Gasteiger charge is -2.14. The van der Waals surface area contributed by atoms with Gasteiger partial charge in [-0.25, -0.2) is 4.98 Å². The summed E-state index contributed by atoms with van der Waals surface area (Å²) in [5.41, 5.74) is 0.500. The van der Waals surface area contributed by atoms with E-state index in [9.17, 15) is 17.6 Å². The highest BCUT2D eigenvalue weighted by molar-refractivity contribution is 14.0. The van der Waals surface area contributed by atoms with Gasteiger partial charge in [-0.05, 0) is 6.07 Å². The molecule has 0 amide bonds. The van der Waals surface area contributed by atoms with Crippen molar-refractivity contribution in [2.75, 3.05) is 7.05 Å². The maximum absolute atomic E-state index is 12.8. The Kier molecular flexibility index (Phi) is 9.16. The summed E-state index contributed by atoms with van der Waals surface area (Å²) in [4.78, 5) is 7.79. The molecule has 2 aromatic rings. The van der Waals surface area contributed by atoms with Gasteiger partial charge in [0.15, 0.2) is 5.96 Å². The predicted molar refractivity (Wildman–Crippen MR) is 99.0 cm³/mol. The fourth-order valence-electron chi connectivity index (χ4n) is 2.08. The molecule has 0 radical (unpaired) electrons. The van der Waals surface area contributed by atoms with E-state index in [4.69, 9.17) is 0 Å². The Morgan fingerprint density at radius 3 is 2.54 bits per heavy atom. The van der Waals surface area contributed by atoms with Crippen molar-refractivity contribution < 1.29 is 22.3 Å². The molecule has 2 N–H and O–H groups in total. The lowest BCUT2D eigenvalue weighted by atomic mass is 10.2. The molecule has 1 aromatic heterocycles. The number of hydrogen-bond acceptors (Lipinski definition) is 3. The van der Waals surface area contributed by atoms with Crippen LogP contribution in [-0.4, -0.2) is 29.2 Å². The average Bonchev–Trinajstić information content (AvgIpc) is 3.04. The fraction of sp³-hybridized carbons (Fsp3) is 0.333. The van der Waals surface area contributed by atoms with E-state index in [1.165, 1.54) is 25.5 Å². The minimum absolute atomic E-state index is 0. The second-order valence-electron chi connectivity index (χ2n) is 4.79. The van der Waals surface area contributed by atoms with Crippen LogP contribution in [0.2, 0.25) is 0 Å². The number of imidazole rings is 1. The number of aliphatic imine (C=N–C) groups is 1. The third-order valence-electron chi connectivity index (χ3n) is 3.23. The highest BCUT2D eigenvalue weighted by atomic mass is 127. The molecule has 2 rings (SSSR count). The van der Waals surface area contributed by atoms with Crippen LogP contribution in [0.3, 0.4) is 0 Å². The number of para-hydroxylation sites is 1. The molecule has 0 saturated carbocycles. The maximum atomic E-state index is 12.8. The maximum Gasteiger partial charge on any atom is 0.387 e. The summed E-state index contributed by atoms with van der Waals surface area (Å²) in [6.45, 7) is -5.43. The van der Waals surface area contributed by atoms with Crippen molar-refractivity contribution in [3.05, 3.63) is 48.0 Å². The van der Waals surface area contributed by atoms with Crippen molar-refractivity contribution in [3.63, 3.8) is 0 Å². The zero-order valence-electron chi connectivity index (χ0n) is 13.7. The van der Waals surface area contributed by atoms with Crippen molar-refractivity contribution in [2.45, 2.75) is 26.3 Å². The summed E-state index contributed by atoms with van der Waals surface area (Å²) < 4.78 is 55.5. The molecule has 11 heteroatoms. The summed E-state index contributed by atoms with van der Waals surface area (Å²) in [6.07, 6.45) is 2.45. The first kappa shape index (κ1) is 22.0. The number of nitrogens with one attached hydrogen (secondary N) is 2. The molecule has 26 heavy (non-hydrogen) atoms. The van der Waals surface area contributed by atoms with E-state index in [-0.39, 0.29) is 48.6 Å². The molecule has 0 aliphatic carbocycles. The molecular weight excluding hydrogens is 469 g/mol. The third kappa shape index (κ3) is 6.35. The minimum Gasteiger partial charge on any atom is -0.434 e. The van der Waals surface area contributed by atoms with Crippen LogP contribution in [0.25, 0.3) is 0 Å². The van der Waals surface area contributed by atoms with Crippen LogP contribution in [0, 0.1) is 0 Å². The summed E-state index contributed by atoms with van der Waals surface area (Å²) in [7, 11) is 1.50. The molecule has 0 unspecified atom stereocenters. The van der Waals surface area contributed by atoms with Gasteiger partial charge in [-0.15, -0.1) is 24.0 Å². The molecule has 0 bridgehead atoms. The Morgan fingerprint density at radius 1 is 1.19 bits per heavy atom. The van der Waals surface area contributed by atoms with Crippen LogP contribution in [0.1, 0.15) is 17.9 Å². The van der Waals surface area contributed by atoms with Gasteiger partial charge in [-0.3, -0.25) is 9.56 Å². The molecule has 0 atom stereocenters. The number of aromatic nitrogens is 2. The first-order valence-corrected chi connectivity index (χ1v) is 7.28. The molecule has 0 saturated heterocycles. The number of ether oxygens (including phenoxy) is 1. The van der Waals surface area contributed by atoms with Crippen LogP contribution in [0.5, 0.6) is 5.75 Å². The molecule has 0 aliphatic heterocycles. The summed E-state index contributed by atoms with van der Waals surface area (Å²) in [5.74, 6) is 0.490. The standard InChI is InChI=1S/C15H17F4N5O.HI/c1-20-15(23-9-12-21-6-7-24(12)13(16)17)22-8-10-4-2-3-5-11(10)25-14(18)19;/h2-7,13-14H,8-9H2,1H3,(H2,20,22,23);1H. The van der Waals surface area contributed by atoms with Gasteiger partial charge in [0.2, 0.25) is 0 Å². The van der Waals surface area contributed by atoms with Crippen molar-refractivity contribution in [3.8, 4) is 5.75 Å². The number of hydrogen-bond donors (Lipinski definition) is 2. The molecule has 1 aromatic carbocycles. The van der Waals surface area contributed by atoms with Gasteiger partial charge in [-0.2, -0.15) is 17.6 Å². The van der Waals surface area contributed by atoms with E-state index >= 15 is 0 Å². The van der Waals surface area contributed by atoms with E-state index in [2.05, 4.69) is 25.3 Å². The van der Waals surface area contributed by atoms with Crippen LogP contribution < -0.4 is 15.4 Å². The second kappa shape index (κ2) is 10.8. The largest absolute Gasteiger partial charge is 0.434 e. The van der Waals surface area contributed by atoms with Gasteiger partial charge in [0.25, 0.3) is 0 Å². The molecule has 144 valence electrons. The molecular formula is C15H18F4IN5O. The third-order valence-corrected chi connectivity index (χ3v) is 3.23. The van der Waals surface area contributed by atoms with Crippen LogP contribution >= 0.6 is 24.0 Å². The van der Waals surface area contributed by atoms with E-state index < -0.39 is 13.2 Å². The normalized spacial score (nSPS) is 11.4. The zero-order valence-corrected chi connectivity index (χ0v) is 16.0. The quantitative estimate of drug-likeness (QED) is 0.272. The Labute approximate surface area is 164 Å². The average molecular weight is 487 g/mol. The van der Waals surface area contributed by atoms with Crippen LogP contribution in [-0.2, 0) is 13.1 Å². The van der Waals surface area contributed by atoms with Crippen LogP contribution in [0.15, 0.2) is 41.7 Å². The summed E-state index contributed by atoms with van der Waals surface area (Å²) in [6, 6.07) is 6.32. The first-order chi connectivity index (χ1) is 12.0. The lowest BCUT2D eigenvalue weighted by Crippen LogP contribution is -2.37. The highest BCUT2D eigenvalue weighted by Crippen LogP contribution is 2.19. The molecule has 6 nitrogen and oxygen atoms in total. The highest BCUT2D eigenvalue weighted by Gasteiger charge is 2.12. The monoisotopic (exact) mass is 487 g/mol. The number of halogens is 5. The van der Waals surface area contributed by atoms with Gasteiger partial charge in [0, 0.05) is 31.5 Å². The number of guanidine groups is 1. The molecule has 1 heterocycles. The number of nitrogens with zero attached hydrogens (tertiary/aromatic N) is 3. The summed E-state index contributed by atoms with van der Waals surface area (Å²) in [5, 5.41) is 5.73. The molecule has 0 spiro atoms. The number of alkyl halides is 4. The molecule has 0 aliphatic rings. The van der Waals surface area contributed by atoms with Gasteiger partial charge in [0.1, 0.15) is 11.6 Å². The van der Waals surface area contributed by atoms with Gasteiger partial charge in [-0.1, -0.05) is 18.2 Å². The van der Waals surface area contributed by atoms with Gasteiger partial charge in [0.05, 0.1) is 6.54 Å². The molecule has 0 fully saturated rings. The lowest BCUT2D eigenvalue weighted by molar-refractivity contribution is -0.0504. The number of rotatable bonds is 7. The predicted octanol–water partition coefficient (Wildman–Crippen LogP) is 3.36. The van der Waals surface area contributed by atoms with Crippen LogP contribution in [0.4, 0.5) is 17.6 Å². The Balaban J connectivity index is 0.00000338. The number of benzene rings is 1. The summed E-state index contributed by atoms with van der Waals surface area (Å²) >= 11 is 0. The fourth-order valence-corrected chi connectivity index (χ4v) is 2.08. The van der Waals surface area contributed by atoms with E-state index in [0.29, 0.717) is 11.5 Å². The Bertz CT molecular complexity index is 711. The van der Waals surface area contributed by atoms with E-state index in [1.54, 1.807) is 18.2 Å². The van der Waals surface area contributed by atoms with E-state index in [1.807, 2.05) is 0 Å². The Morgan fingerprint density at radius 2 is 1.88 bits per heavy atom. The van der Waals surface area contributed by atoms with Gasteiger partial charge < -0.3 is 15.4 Å².